The van der Waals surface area contributed by atoms with Gasteiger partial charge in [-0.3, -0.25) is 14.5 Å². The van der Waals surface area contributed by atoms with E-state index in [0.717, 1.165) is 11.3 Å². The summed E-state index contributed by atoms with van der Waals surface area (Å²) in [5.41, 5.74) is 0. The fourth-order valence-corrected chi connectivity index (χ4v) is 5.36. The SMILES string of the molecule is C[C@H](C(=O)Oc1ccccc1Cl)N1C(=O)[C@@H]2[C@H]3C=C[C@@H]([C@@H]4C[C@@H]34)[C@H]2C1=O. The van der Waals surface area contributed by atoms with E-state index in [4.69, 9.17) is 16.3 Å². The molecule has 1 aromatic rings. The number of carbonyl (C=O) groups excluding carboxylic acids is 3. The molecule has 0 spiro atoms. The first-order chi connectivity index (χ1) is 12.5. The van der Waals surface area contributed by atoms with Gasteiger partial charge < -0.3 is 4.74 Å². The fraction of sp³-hybridized carbons (Fsp3) is 0.450. The minimum absolute atomic E-state index is 0.142. The lowest BCUT2D eigenvalue weighted by Crippen LogP contribution is -2.45. The minimum atomic E-state index is -0.965. The second-order valence-electron chi connectivity index (χ2n) is 7.73. The average molecular weight is 372 g/mol. The summed E-state index contributed by atoms with van der Waals surface area (Å²) in [6.07, 6.45) is 5.34. The molecule has 5 aliphatic rings. The normalized spacial score (nSPS) is 37.4. The third kappa shape index (κ3) is 2.07. The van der Waals surface area contributed by atoms with Crippen LogP contribution in [0.5, 0.6) is 5.75 Å². The van der Waals surface area contributed by atoms with Gasteiger partial charge in [0.2, 0.25) is 11.8 Å². The number of ether oxygens (including phenoxy) is 1. The topological polar surface area (TPSA) is 63.7 Å². The molecule has 0 aromatic heterocycles. The second kappa shape index (κ2) is 5.43. The van der Waals surface area contributed by atoms with Crippen molar-refractivity contribution in [1.29, 1.82) is 0 Å². The minimum Gasteiger partial charge on any atom is -0.423 e. The molecule has 26 heavy (non-hydrogen) atoms. The lowest BCUT2D eigenvalue weighted by atomic mass is 9.63. The van der Waals surface area contributed by atoms with Gasteiger partial charge in [0.1, 0.15) is 11.8 Å². The third-order valence-corrected chi connectivity index (χ3v) is 6.78. The summed E-state index contributed by atoms with van der Waals surface area (Å²) in [6.45, 7) is 1.54. The number of esters is 1. The van der Waals surface area contributed by atoms with Gasteiger partial charge in [0.25, 0.3) is 0 Å². The van der Waals surface area contributed by atoms with Crippen molar-refractivity contribution < 1.29 is 19.1 Å². The molecule has 5 nitrogen and oxygen atoms in total. The molecule has 4 aliphatic carbocycles. The molecule has 0 unspecified atom stereocenters. The van der Waals surface area contributed by atoms with Gasteiger partial charge in [0.15, 0.2) is 0 Å². The molecule has 1 heterocycles. The number of likely N-dealkylation sites (tertiary alicyclic amines) is 1. The number of hydrogen-bond acceptors (Lipinski definition) is 4. The van der Waals surface area contributed by atoms with E-state index in [0.29, 0.717) is 16.9 Å². The Balaban J connectivity index is 1.39. The van der Waals surface area contributed by atoms with Crippen LogP contribution in [0.25, 0.3) is 0 Å². The third-order valence-electron chi connectivity index (χ3n) is 6.47. The molecule has 2 saturated carbocycles. The van der Waals surface area contributed by atoms with Gasteiger partial charge in [-0.2, -0.15) is 0 Å². The Morgan fingerprint density at radius 2 is 1.69 bits per heavy atom. The van der Waals surface area contributed by atoms with Gasteiger partial charge in [-0.25, -0.2) is 4.79 Å². The smallest absolute Gasteiger partial charge is 0.334 e. The Morgan fingerprint density at radius 1 is 1.12 bits per heavy atom. The maximum absolute atomic E-state index is 13.0. The highest BCUT2D eigenvalue weighted by Crippen LogP contribution is 2.65. The Morgan fingerprint density at radius 3 is 2.27 bits per heavy atom. The highest BCUT2D eigenvalue weighted by molar-refractivity contribution is 6.32. The zero-order valence-corrected chi connectivity index (χ0v) is 14.9. The average Bonchev–Trinajstić information content (AvgIpc) is 3.41. The molecule has 1 saturated heterocycles. The van der Waals surface area contributed by atoms with Crippen LogP contribution < -0.4 is 4.74 Å². The van der Waals surface area contributed by atoms with Gasteiger partial charge >= 0.3 is 5.97 Å². The van der Waals surface area contributed by atoms with Crippen molar-refractivity contribution in [3.05, 3.63) is 41.4 Å². The van der Waals surface area contributed by atoms with Crippen molar-refractivity contribution in [1.82, 2.24) is 4.90 Å². The summed E-state index contributed by atoms with van der Waals surface area (Å²) in [5, 5.41) is 0.308. The molecular weight excluding hydrogens is 354 g/mol. The van der Waals surface area contributed by atoms with Crippen molar-refractivity contribution in [2.45, 2.75) is 19.4 Å². The van der Waals surface area contributed by atoms with E-state index in [1.807, 2.05) is 0 Å². The predicted octanol–water partition coefficient (Wildman–Crippen LogP) is 2.69. The van der Waals surface area contributed by atoms with Crippen molar-refractivity contribution in [3.8, 4) is 5.75 Å². The Hall–Kier alpha value is -2.14. The highest BCUT2D eigenvalue weighted by Gasteiger charge is 2.67. The number of imide groups is 1. The first-order valence-electron chi connectivity index (χ1n) is 9.00. The summed E-state index contributed by atoms with van der Waals surface area (Å²) >= 11 is 6.02. The van der Waals surface area contributed by atoms with E-state index in [1.54, 1.807) is 31.2 Å². The van der Waals surface area contributed by atoms with E-state index in [1.165, 1.54) is 0 Å². The van der Waals surface area contributed by atoms with Gasteiger partial charge in [-0.1, -0.05) is 35.9 Å². The van der Waals surface area contributed by atoms with E-state index < -0.39 is 12.0 Å². The van der Waals surface area contributed by atoms with Gasteiger partial charge in [-0.05, 0) is 49.1 Å². The van der Waals surface area contributed by atoms with E-state index in [-0.39, 0.29) is 41.2 Å². The number of rotatable bonds is 3. The molecule has 134 valence electrons. The zero-order valence-electron chi connectivity index (χ0n) is 14.2. The molecule has 6 rings (SSSR count). The molecule has 1 aliphatic heterocycles. The summed E-state index contributed by atoms with van der Waals surface area (Å²) < 4.78 is 5.34. The molecule has 3 fully saturated rings. The van der Waals surface area contributed by atoms with Crippen molar-refractivity contribution >= 4 is 29.4 Å². The molecule has 2 amide bonds. The van der Waals surface area contributed by atoms with Crippen LogP contribution in [0.4, 0.5) is 0 Å². The molecule has 0 radical (unpaired) electrons. The molecule has 0 N–H and O–H groups in total. The van der Waals surface area contributed by atoms with Gasteiger partial charge in [0, 0.05) is 0 Å². The summed E-state index contributed by atoms with van der Waals surface area (Å²) in [7, 11) is 0. The number of halogens is 1. The molecule has 7 atom stereocenters. The Kier molecular flexibility index (Phi) is 3.35. The number of carbonyl (C=O) groups is 3. The maximum atomic E-state index is 13.0. The number of nitrogens with zero attached hydrogens (tertiary/aromatic N) is 1. The van der Waals surface area contributed by atoms with Crippen molar-refractivity contribution in [2.24, 2.45) is 35.5 Å². The standard InChI is InChI=1S/C20H18ClNO4/c1-9(20(25)26-15-5-3-2-4-14(15)21)22-18(23)16-10-6-7-11(13-8-12(10)13)17(16)19(22)24/h2-7,9-13,16-17H,8H2,1H3/t9-,10+,11+,12+,13+,16-,17-/m1/s1. The van der Waals surface area contributed by atoms with E-state index >= 15 is 0 Å². The second-order valence-corrected chi connectivity index (χ2v) is 8.14. The summed E-state index contributed by atoms with van der Waals surface area (Å²) in [4.78, 5) is 39.7. The molecule has 2 bridgehead atoms. The maximum Gasteiger partial charge on any atom is 0.334 e. The monoisotopic (exact) mass is 371 g/mol. The zero-order chi connectivity index (χ0) is 18.2. The van der Waals surface area contributed by atoms with Gasteiger partial charge in [-0.15, -0.1) is 0 Å². The van der Waals surface area contributed by atoms with Crippen molar-refractivity contribution in [2.75, 3.05) is 0 Å². The Labute approximate surface area is 155 Å². The predicted molar refractivity (Wildman–Crippen MR) is 93.1 cm³/mol. The lowest BCUT2D eigenvalue weighted by molar-refractivity contribution is -0.152. The molecule has 1 aromatic carbocycles. The number of hydrogen-bond donors (Lipinski definition) is 0. The first-order valence-corrected chi connectivity index (χ1v) is 9.38. The molecule has 6 heteroatoms. The van der Waals surface area contributed by atoms with Crippen LogP contribution in [-0.2, 0) is 14.4 Å². The van der Waals surface area contributed by atoms with Crippen LogP contribution in [0.3, 0.4) is 0 Å². The van der Waals surface area contributed by atoms with Gasteiger partial charge in [0.05, 0.1) is 16.9 Å². The number of para-hydroxylation sites is 1. The number of amides is 2. The Bertz CT molecular complexity index is 829. The summed E-state index contributed by atoms with van der Waals surface area (Å²) in [6, 6.07) is 5.67. The largest absolute Gasteiger partial charge is 0.423 e. The summed E-state index contributed by atoms with van der Waals surface area (Å²) in [5.74, 6) is -0.141. The van der Waals surface area contributed by atoms with Crippen LogP contribution in [-0.4, -0.2) is 28.7 Å². The van der Waals surface area contributed by atoms with E-state index in [2.05, 4.69) is 12.2 Å². The fourth-order valence-electron chi connectivity index (χ4n) is 5.19. The van der Waals surface area contributed by atoms with Crippen LogP contribution in [0, 0.1) is 35.5 Å². The highest BCUT2D eigenvalue weighted by atomic mass is 35.5. The lowest BCUT2D eigenvalue weighted by Gasteiger charge is -2.37. The quantitative estimate of drug-likeness (QED) is 0.354. The molecular formula is C20H18ClNO4. The van der Waals surface area contributed by atoms with E-state index in [9.17, 15) is 14.4 Å². The number of allylic oxidation sites excluding steroid dienone is 2. The van der Waals surface area contributed by atoms with Crippen LogP contribution in [0.2, 0.25) is 5.02 Å². The van der Waals surface area contributed by atoms with Crippen molar-refractivity contribution in [3.63, 3.8) is 0 Å². The van der Waals surface area contributed by atoms with Crippen LogP contribution in [0.1, 0.15) is 13.3 Å². The van der Waals surface area contributed by atoms with Crippen LogP contribution in [0.15, 0.2) is 36.4 Å². The first kappa shape index (κ1) is 16.1. The number of benzene rings is 1. The van der Waals surface area contributed by atoms with Crippen LogP contribution >= 0.6 is 11.6 Å².